The van der Waals surface area contributed by atoms with Crippen LogP contribution in [0.1, 0.15) is 10.4 Å². The highest BCUT2D eigenvalue weighted by atomic mass is 79.9. The maximum absolute atomic E-state index is 13.7. The summed E-state index contributed by atoms with van der Waals surface area (Å²) in [6.45, 7) is 3.16. The SMILES string of the molecule is C=CCOC(=O)Nc1c(C(=O)O)cc(F)c(Br)c1F. The number of carbonyl (C=O) groups excluding carboxylic acids is 1. The van der Waals surface area contributed by atoms with Crippen LogP contribution in [0, 0.1) is 11.6 Å². The van der Waals surface area contributed by atoms with Gasteiger partial charge in [0.25, 0.3) is 0 Å². The van der Waals surface area contributed by atoms with Gasteiger partial charge in [0, 0.05) is 0 Å². The summed E-state index contributed by atoms with van der Waals surface area (Å²) in [5, 5.41) is 10.7. The van der Waals surface area contributed by atoms with Crippen LogP contribution < -0.4 is 5.32 Å². The lowest BCUT2D eigenvalue weighted by Gasteiger charge is -2.11. The molecule has 5 nitrogen and oxygen atoms in total. The van der Waals surface area contributed by atoms with Gasteiger partial charge in [0.1, 0.15) is 12.4 Å². The minimum Gasteiger partial charge on any atom is -0.478 e. The van der Waals surface area contributed by atoms with Gasteiger partial charge in [0.15, 0.2) is 5.82 Å². The van der Waals surface area contributed by atoms with E-state index in [1.54, 1.807) is 0 Å². The number of carboxylic acid groups (broad SMARTS) is 1. The summed E-state index contributed by atoms with van der Waals surface area (Å²) in [5.74, 6) is -3.93. The first-order valence-corrected chi connectivity index (χ1v) is 5.63. The van der Waals surface area contributed by atoms with Crippen molar-refractivity contribution in [2.45, 2.75) is 0 Å². The topological polar surface area (TPSA) is 75.6 Å². The Morgan fingerprint density at radius 2 is 2.16 bits per heavy atom. The van der Waals surface area contributed by atoms with Gasteiger partial charge in [-0.2, -0.15) is 0 Å². The van der Waals surface area contributed by atoms with E-state index in [1.807, 2.05) is 5.32 Å². The summed E-state index contributed by atoms with van der Waals surface area (Å²) in [4.78, 5) is 22.1. The van der Waals surface area contributed by atoms with Gasteiger partial charge in [0.05, 0.1) is 15.7 Å². The van der Waals surface area contributed by atoms with Crippen LogP contribution >= 0.6 is 15.9 Å². The van der Waals surface area contributed by atoms with E-state index >= 15 is 0 Å². The monoisotopic (exact) mass is 335 g/mol. The summed E-state index contributed by atoms with van der Waals surface area (Å²) in [5.41, 5.74) is -1.41. The molecule has 0 fully saturated rings. The number of anilines is 1. The van der Waals surface area contributed by atoms with Gasteiger partial charge in [-0.3, -0.25) is 5.32 Å². The van der Waals surface area contributed by atoms with Crippen molar-refractivity contribution in [2.75, 3.05) is 11.9 Å². The predicted molar refractivity (Wildman–Crippen MR) is 66.2 cm³/mol. The number of rotatable bonds is 4. The van der Waals surface area contributed by atoms with Crippen LogP contribution in [-0.4, -0.2) is 23.8 Å². The van der Waals surface area contributed by atoms with Crippen molar-refractivity contribution in [1.29, 1.82) is 0 Å². The first kappa shape index (κ1) is 15.1. The molecule has 0 aromatic heterocycles. The standard InChI is InChI=1S/C11H8BrF2NO4/c1-2-3-19-11(18)15-9-5(10(16)17)4-6(13)7(12)8(9)14/h2,4H,1,3H2,(H,15,18)(H,16,17). The number of aromatic carboxylic acids is 1. The average Bonchev–Trinajstić information content (AvgIpc) is 2.36. The Hall–Kier alpha value is -1.96. The maximum Gasteiger partial charge on any atom is 0.412 e. The van der Waals surface area contributed by atoms with E-state index in [9.17, 15) is 18.4 Å². The Bertz CT molecular complexity index is 548. The van der Waals surface area contributed by atoms with Gasteiger partial charge in [-0.05, 0) is 22.0 Å². The predicted octanol–water partition coefficient (Wildman–Crippen LogP) is 3.16. The quantitative estimate of drug-likeness (QED) is 0.654. The molecule has 1 rings (SSSR count). The van der Waals surface area contributed by atoms with Crippen molar-refractivity contribution < 1.29 is 28.2 Å². The second-order valence-corrected chi connectivity index (χ2v) is 4.02. The van der Waals surface area contributed by atoms with Crippen LogP contribution in [0.15, 0.2) is 23.2 Å². The molecule has 0 unspecified atom stereocenters. The van der Waals surface area contributed by atoms with Crippen LogP contribution in [-0.2, 0) is 4.74 Å². The first-order valence-electron chi connectivity index (χ1n) is 4.84. The smallest absolute Gasteiger partial charge is 0.412 e. The summed E-state index contributed by atoms with van der Waals surface area (Å²) < 4.78 is 30.9. The van der Waals surface area contributed by atoms with Crippen LogP contribution in [0.25, 0.3) is 0 Å². The molecular formula is C11H8BrF2NO4. The highest BCUT2D eigenvalue weighted by molar-refractivity contribution is 9.10. The van der Waals surface area contributed by atoms with Crippen molar-refractivity contribution in [3.63, 3.8) is 0 Å². The van der Waals surface area contributed by atoms with Crippen molar-refractivity contribution in [2.24, 2.45) is 0 Å². The van der Waals surface area contributed by atoms with Crippen molar-refractivity contribution in [1.82, 2.24) is 0 Å². The highest BCUT2D eigenvalue weighted by Crippen LogP contribution is 2.30. The molecule has 0 atom stereocenters. The van der Waals surface area contributed by atoms with Crippen LogP contribution in [0.3, 0.4) is 0 Å². The molecule has 0 aliphatic carbocycles. The summed E-state index contributed by atoms with van der Waals surface area (Å²) in [6, 6.07) is 0.582. The van der Waals surface area contributed by atoms with Gasteiger partial charge >= 0.3 is 12.1 Å². The molecule has 0 aliphatic rings. The van der Waals surface area contributed by atoms with Gasteiger partial charge in [-0.25, -0.2) is 18.4 Å². The number of hydrogen-bond donors (Lipinski definition) is 2. The third-order valence-corrected chi connectivity index (χ3v) is 2.68. The largest absolute Gasteiger partial charge is 0.478 e. The van der Waals surface area contributed by atoms with Gasteiger partial charge in [0.2, 0.25) is 0 Å². The second kappa shape index (κ2) is 6.28. The Kier molecular flexibility index (Phi) is 4.99. The number of nitrogens with one attached hydrogen (secondary N) is 1. The number of carboxylic acids is 1. The molecule has 0 radical (unpaired) electrons. The lowest BCUT2D eigenvalue weighted by Crippen LogP contribution is -2.18. The molecule has 102 valence electrons. The fraction of sp³-hybridized carbons (Fsp3) is 0.0909. The zero-order valence-electron chi connectivity index (χ0n) is 9.37. The van der Waals surface area contributed by atoms with E-state index in [2.05, 4.69) is 27.2 Å². The summed E-state index contributed by atoms with van der Waals surface area (Å²) in [7, 11) is 0. The minimum atomic E-state index is -1.59. The Morgan fingerprint density at radius 1 is 1.53 bits per heavy atom. The molecule has 1 aromatic rings. The zero-order chi connectivity index (χ0) is 14.6. The van der Waals surface area contributed by atoms with E-state index in [1.165, 1.54) is 6.08 Å². The molecule has 0 spiro atoms. The fourth-order valence-electron chi connectivity index (χ4n) is 1.16. The molecular weight excluding hydrogens is 328 g/mol. The number of carbonyl (C=O) groups is 2. The van der Waals surface area contributed by atoms with E-state index < -0.39 is 39.4 Å². The molecule has 0 bridgehead atoms. The summed E-state index contributed by atoms with van der Waals surface area (Å²) in [6.07, 6.45) is 0.189. The Balaban J connectivity index is 3.17. The maximum atomic E-state index is 13.7. The molecule has 19 heavy (non-hydrogen) atoms. The lowest BCUT2D eigenvalue weighted by molar-refractivity contribution is 0.0697. The van der Waals surface area contributed by atoms with Crippen molar-refractivity contribution in [3.8, 4) is 0 Å². The van der Waals surface area contributed by atoms with Crippen LogP contribution in [0.2, 0.25) is 0 Å². The normalized spacial score (nSPS) is 9.84. The van der Waals surface area contributed by atoms with E-state index in [4.69, 9.17) is 5.11 Å². The lowest BCUT2D eigenvalue weighted by atomic mass is 10.1. The van der Waals surface area contributed by atoms with Gasteiger partial charge in [-0.15, -0.1) is 0 Å². The Labute approximate surface area is 115 Å². The van der Waals surface area contributed by atoms with Gasteiger partial charge < -0.3 is 9.84 Å². The Morgan fingerprint density at radius 3 is 2.68 bits per heavy atom. The average molecular weight is 336 g/mol. The summed E-state index contributed by atoms with van der Waals surface area (Å²) >= 11 is 2.60. The molecule has 1 aromatic carbocycles. The van der Waals surface area contributed by atoms with Crippen LogP contribution in [0.4, 0.5) is 19.3 Å². The van der Waals surface area contributed by atoms with Crippen molar-refractivity contribution >= 4 is 33.7 Å². The van der Waals surface area contributed by atoms with E-state index in [0.29, 0.717) is 6.07 Å². The third-order valence-electron chi connectivity index (χ3n) is 1.95. The minimum absolute atomic E-state index is 0.141. The zero-order valence-corrected chi connectivity index (χ0v) is 11.0. The number of amides is 1. The molecule has 0 saturated heterocycles. The van der Waals surface area contributed by atoms with Gasteiger partial charge in [-0.1, -0.05) is 12.7 Å². The molecule has 0 saturated carbocycles. The van der Waals surface area contributed by atoms with E-state index in [0.717, 1.165) is 0 Å². The number of ether oxygens (including phenoxy) is 1. The third kappa shape index (κ3) is 3.50. The first-order chi connectivity index (χ1) is 8.88. The molecule has 1 amide bonds. The number of benzene rings is 1. The van der Waals surface area contributed by atoms with Crippen molar-refractivity contribution in [3.05, 3.63) is 40.4 Å². The fourth-order valence-corrected chi connectivity index (χ4v) is 1.47. The molecule has 2 N–H and O–H groups in total. The number of halogens is 3. The van der Waals surface area contributed by atoms with E-state index in [-0.39, 0.29) is 6.61 Å². The van der Waals surface area contributed by atoms with Crippen LogP contribution in [0.5, 0.6) is 0 Å². The molecule has 0 aliphatic heterocycles. The second-order valence-electron chi connectivity index (χ2n) is 3.23. The number of hydrogen-bond acceptors (Lipinski definition) is 3. The molecule has 8 heteroatoms. The highest BCUT2D eigenvalue weighted by Gasteiger charge is 2.22. The molecule has 0 heterocycles.